The van der Waals surface area contributed by atoms with Crippen LogP contribution in [0.1, 0.15) is 33.6 Å². The molecule has 1 aliphatic rings. The molecule has 0 aromatic heterocycles. The minimum atomic E-state index is -4.76. The van der Waals surface area contributed by atoms with Gasteiger partial charge < -0.3 is 14.0 Å². The summed E-state index contributed by atoms with van der Waals surface area (Å²) in [6, 6.07) is 5.15. The Balaban J connectivity index is 2.10. The first-order valence-electron chi connectivity index (χ1n) is 7.64. The van der Waals surface area contributed by atoms with Gasteiger partial charge in [0.05, 0.1) is 11.2 Å². The molecular formula is C16H18BF5O3. The van der Waals surface area contributed by atoms with E-state index >= 15 is 0 Å². The SMILES string of the molecule is CC1(C)OB(c2ccc(OC(F)(F)F)cc2)OC1(C)CCC=C(F)F. The van der Waals surface area contributed by atoms with Gasteiger partial charge in [-0.25, -0.2) is 0 Å². The quantitative estimate of drug-likeness (QED) is 0.572. The molecule has 0 aliphatic carbocycles. The molecule has 1 saturated heterocycles. The highest BCUT2D eigenvalue weighted by Gasteiger charge is 2.54. The zero-order valence-corrected chi connectivity index (χ0v) is 14.0. The average molecular weight is 364 g/mol. The second-order valence-corrected chi connectivity index (χ2v) is 6.46. The molecule has 0 N–H and O–H groups in total. The Bertz CT molecular complexity index is 626. The molecule has 9 heteroatoms. The van der Waals surface area contributed by atoms with E-state index in [1.807, 2.05) is 0 Å². The second-order valence-electron chi connectivity index (χ2n) is 6.46. The van der Waals surface area contributed by atoms with Crippen LogP contribution in [0.5, 0.6) is 5.75 Å². The number of hydrogen-bond acceptors (Lipinski definition) is 3. The number of allylic oxidation sites excluding steroid dienone is 1. The Morgan fingerprint density at radius 3 is 2.24 bits per heavy atom. The van der Waals surface area contributed by atoms with Gasteiger partial charge in [0.2, 0.25) is 0 Å². The van der Waals surface area contributed by atoms with Crippen molar-refractivity contribution >= 4 is 12.6 Å². The van der Waals surface area contributed by atoms with Crippen molar-refractivity contribution in [2.45, 2.75) is 51.2 Å². The number of ether oxygens (including phenoxy) is 1. The summed E-state index contributed by atoms with van der Waals surface area (Å²) in [6.45, 7) is 5.32. The lowest BCUT2D eigenvalue weighted by Gasteiger charge is -2.36. The smallest absolute Gasteiger partial charge is 0.406 e. The molecular weight excluding hydrogens is 346 g/mol. The average Bonchev–Trinajstić information content (AvgIpc) is 2.68. The summed E-state index contributed by atoms with van der Waals surface area (Å²) in [4.78, 5) is 0. The molecule has 1 heterocycles. The maximum atomic E-state index is 12.2. The van der Waals surface area contributed by atoms with E-state index in [1.165, 1.54) is 24.3 Å². The summed E-state index contributed by atoms with van der Waals surface area (Å²) in [6.07, 6.45) is -5.26. The summed E-state index contributed by atoms with van der Waals surface area (Å²) in [7, 11) is -0.806. The largest absolute Gasteiger partial charge is 0.573 e. The lowest BCUT2D eigenvalue weighted by Crippen LogP contribution is -2.44. The van der Waals surface area contributed by atoms with Gasteiger partial charge in [-0.3, -0.25) is 0 Å². The highest BCUT2D eigenvalue weighted by Crippen LogP contribution is 2.40. The van der Waals surface area contributed by atoms with E-state index in [2.05, 4.69) is 4.74 Å². The zero-order chi connectivity index (χ0) is 18.9. The summed E-state index contributed by atoms with van der Waals surface area (Å²) < 4.78 is 76.6. The topological polar surface area (TPSA) is 27.7 Å². The Morgan fingerprint density at radius 1 is 1.12 bits per heavy atom. The highest BCUT2D eigenvalue weighted by atomic mass is 19.4. The number of hydrogen-bond donors (Lipinski definition) is 0. The monoisotopic (exact) mass is 364 g/mol. The molecule has 0 radical (unpaired) electrons. The van der Waals surface area contributed by atoms with Crippen molar-refractivity contribution in [2.75, 3.05) is 0 Å². The highest BCUT2D eigenvalue weighted by molar-refractivity contribution is 6.62. The summed E-state index contributed by atoms with van der Waals surface area (Å²) >= 11 is 0. The van der Waals surface area contributed by atoms with Gasteiger partial charge in [0.25, 0.3) is 6.08 Å². The van der Waals surface area contributed by atoms with Crippen LogP contribution < -0.4 is 10.2 Å². The van der Waals surface area contributed by atoms with Crippen LogP contribution >= 0.6 is 0 Å². The summed E-state index contributed by atoms with van der Waals surface area (Å²) in [5.74, 6) is -0.347. The molecule has 138 valence electrons. The van der Waals surface area contributed by atoms with Gasteiger partial charge in [-0.15, -0.1) is 13.2 Å². The number of halogens is 5. The van der Waals surface area contributed by atoms with Gasteiger partial charge in [-0.05, 0) is 57.3 Å². The minimum absolute atomic E-state index is 0.122. The van der Waals surface area contributed by atoms with Crippen molar-refractivity contribution in [1.29, 1.82) is 0 Å². The summed E-state index contributed by atoms with van der Waals surface area (Å²) in [5.41, 5.74) is -1.08. The van der Waals surface area contributed by atoms with E-state index in [-0.39, 0.29) is 12.2 Å². The molecule has 1 aromatic rings. The van der Waals surface area contributed by atoms with E-state index in [0.717, 1.165) is 6.08 Å². The van der Waals surface area contributed by atoms with E-state index in [1.54, 1.807) is 20.8 Å². The Morgan fingerprint density at radius 2 is 1.72 bits per heavy atom. The summed E-state index contributed by atoms with van der Waals surface area (Å²) in [5, 5.41) is 0. The molecule has 25 heavy (non-hydrogen) atoms. The van der Waals surface area contributed by atoms with Gasteiger partial charge >= 0.3 is 13.5 Å². The van der Waals surface area contributed by atoms with Crippen molar-refractivity contribution in [3.63, 3.8) is 0 Å². The van der Waals surface area contributed by atoms with Crippen LogP contribution in [0.4, 0.5) is 22.0 Å². The van der Waals surface area contributed by atoms with Crippen LogP contribution in [0, 0.1) is 0 Å². The molecule has 1 fully saturated rings. The van der Waals surface area contributed by atoms with Crippen molar-refractivity contribution in [3.8, 4) is 5.75 Å². The molecule has 1 atom stereocenters. The Hall–Kier alpha value is -1.61. The first kappa shape index (κ1) is 19.7. The molecule has 3 nitrogen and oxygen atoms in total. The normalized spacial score (nSPS) is 22.8. The zero-order valence-electron chi connectivity index (χ0n) is 14.0. The Labute approximate surface area is 142 Å². The fraction of sp³-hybridized carbons (Fsp3) is 0.500. The molecule has 0 bridgehead atoms. The molecule has 1 aromatic carbocycles. The van der Waals surface area contributed by atoms with Crippen LogP contribution in [0.2, 0.25) is 0 Å². The minimum Gasteiger partial charge on any atom is -0.406 e. The predicted octanol–water partition coefficient (Wildman–Crippen LogP) is 4.43. The van der Waals surface area contributed by atoms with Crippen molar-refractivity contribution < 1.29 is 36.0 Å². The van der Waals surface area contributed by atoms with Crippen LogP contribution in [0.25, 0.3) is 0 Å². The van der Waals surface area contributed by atoms with Gasteiger partial charge in [-0.2, -0.15) is 8.78 Å². The Kier molecular flexibility index (Phi) is 5.48. The third kappa shape index (κ3) is 4.95. The van der Waals surface area contributed by atoms with E-state index in [4.69, 9.17) is 9.31 Å². The molecule has 1 unspecified atom stereocenters. The lowest BCUT2D eigenvalue weighted by atomic mass is 9.79. The number of benzene rings is 1. The molecule has 0 amide bonds. The first-order chi connectivity index (χ1) is 11.4. The molecule has 0 saturated carbocycles. The van der Waals surface area contributed by atoms with Crippen LogP contribution in [-0.4, -0.2) is 24.7 Å². The van der Waals surface area contributed by atoms with Crippen LogP contribution in [0.15, 0.2) is 36.4 Å². The predicted molar refractivity (Wildman–Crippen MR) is 82.7 cm³/mol. The fourth-order valence-electron chi connectivity index (χ4n) is 2.57. The third-order valence-corrected chi connectivity index (χ3v) is 4.35. The maximum Gasteiger partial charge on any atom is 0.573 e. The van der Waals surface area contributed by atoms with Gasteiger partial charge in [-0.1, -0.05) is 12.1 Å². The third-order valence-electron chi connectivity index (χ3n) is 4.35. The van der Waals surface area contributed by atoms with Crippen molar-refractivity contribution in [3.05, 3.63) is 36.4 Å². The van der Waals surface area contributed by atoms with Gasteiger partial charge in [0.15, 0.2) is 0 Å². The number of alkyl halides is 3. The second kappa shape index (κ2) is 6.95. The lowest BCUT2D eigenvalue weighted by molar-refractivity contribution is -0.274. The number of rotatable bonds is 5. The fourth-order valence-corrected chi connectivity index (χ4v) is 2.57. The first-order valence-corrected chi connectivity index (χ1v) is 7.64. The van der Waals surface area contributed by atoms with Crippen LogP contribution in [0.3, 0.4) is 0 Å². The van der Waals surface area contributed by atoms with Crippen molar-refractivity contribution in [2.24, 2.45) is 0 Å². The van der Waals surface area contributed by atoms with Crippen molar-refractivity contribution in [1.82, 2.24) is 0 Å². The maximum absolute atomic E-state index is 12.2. The molecule has 2 rings (SSSR count). The molecule has 1 aliphatic heterocycles. The van der Waals surface area contributed by atoms with E-state index in [9.17, 15) is 22.0 Å². The van der Waals surface area contributed by atoms with Gasteiger partial charge in [0, 0.05) is 0 Å². The van der Waals surface area contributed by atoms with Crippen LogP contribution in [-0.2, 0) is 9.31 Å². The van der Waals surface area contributed by atoms with E-state index < -0.39 is 30.8 Å². The standard InChI is InChI=1S/C16H18BF5O3/c1-14(2)15(3,10-4-5-13(18)19)25-17(24-14)11-6-8-12(9-7-11)23-16(20,21)22/h5-9H,4,10H2,1-3H3. The van der Waals surface area contributed by atoms with Gasteiger partial charge in [0.1, 0.15) is 5.75 Å². The molecule has 0 spiro atoms. The van der Waals surface area contributed by atoms with E-state index in [0.29, 0.717) is 11.9 Å².